The Morgan fingerprint density at radius 1 is 0.629 bits per heavy atom. The molecule has 1 heterocycles. The molecule has 5 aromatic rings. The van der Waals surface area contributed by atoms with E-state index in [1.54, 1.807) is 6.20 Å². The summed E-state index contributed by atoms with van der Waals surface area (Å²) in [6.07, 6.45) is 5.56. The lowest BCUT2D eigenvalue weighted by molar-refractivity contribution is 1.06. The molecule has 0 unspecified atom stereocenters. The van der Waals surface area contributed by atoms with Crippen molar-refractivity contribution in [1.29, 1.82) is 0 Å². The fourth-order valence-electron chi connectivity index (χ4n) is 3.88. The van der Waals surface area contributed by atoms with Crippen molar-refractivity contribution in [1.82, 2.24) is 4.98 Å². The first-order chi connectivity index (χ1) is 17.3. The predicted octanol–water partition coefficient (Wildman–Crippen LogP) is 7.48. The smallest absolute Gasteiger partial charge is 0.154 e. The molecule has 0 spiro atoms. The van der Waals surface area contributed by atoms with Crippen molar-refractivity contribution in [3.8, 4) is 22.3 Å². The highest BCUT2D eigenvalue weighted by molar-refractivity contribution is 6.05. The number of rotatable bonds is 6. The number of nitrogens with zero attached hydrogens (tertiary/aromatic N) is 3. The highest BCUT2D eigenvalue weighted by atomic mass is 14.9. The summed E-state index contributed by atoms with van der Waals surface area (Å²) in [6.45, 7) is 0.572. The van der Waals surface area contributed by atoms with Gasteiger partial charge in [-0.25, -0.2) is 4.99 Å². The number of aromatic nitrogens is 1. The summed E-state index contributed by atoms with van der Waals surface area (Å²) in [4.78, 5) is 13.9. The number of pyridine rings is 1. The summed E-state index contributed by atoms with van der Waals surface area (Å²) in [5.41, 5.74) is 7.68. The highest BCUT2D eigenvalue weighted by Crippen LogP contribution is 2.27. The predicted molar refractivity (Wildman–Crippen MR) is 146 cm³/mol. The van der Waals surface area contributed by atoms with Crippen molar-refractivity contribution in [3.05, 3.63) is 150 Å². The van der Waals surface area contributed by atoms with Gasteiger partial charge >= 0.3 is 0 Å². The van der Waals surface area contributed by atoms with E-state index < -0.39 is 0 Å². The van der Waals surface area contributed by atoms with Crippen LogP contribution in [0.4, 0.5) is 0 Å². The van der Waals surface area contributed by atoms with Crippen LogP contribution in [0, 0.1) is 0 Å². The molecule has 3 heteroatoms. The van der Waals surface area contributed by atoms with Gasteiger partial charge in [-0.2, -0.15) is 0 Å². The van der Waals surface area contributed by atoms with Crippen LogP contribution in [0.3, 0.4) is 0 Å². The monoisotopic (exact) mass is 451 g/mol. The molecule has 0 atom stereocenters. The van der Waals surface area contributed by atoms with Crippen LogP contribution in [0.5, 0.6) is 0 Å². The average molecular weight is 452 g/mol. The molecule has 35 heavy (non-hydrogen) atoms. The van der Waals surface area contributed by atoms with Crippen molar-refractivity contribution in [2.24, 2.45) is 9.98 Å². The molecule has 0 amide bonds. The molecule has 3 nitrogen and oxygen atoms in total. The zero-order valence-corrected chi connectivity index (χ0v) is 19.3. The van der Waals surface area contributed by atoms with E-state index in [9.17, 15) is 0 Å². The molecule has 5 rings (SSSR count). The standard InChI is InChI=1S/C32H25N3/c1-3-10-25(11-4-1)22-34-32(35-23-26-12-5-2-6-13-26)30-17-8-15-28(21-30)27-14-7-16-29(20-27)31-18-9-19-33-24-31/h1-22,24H,23H2. The molecule has 0 aliphatic heterocycles. The lowest BCUT2D eigenvalue weighted by Crippen LogP contribution is -2.00. The summed E-state index contributed by atoms with van der Waals surface area (Å²) in [6, 6.07) is 41.4. The molecule has 4 aromatic carbocycles. The fraction of sp³-hybridized carbons (Fsp3) is 0.0312. The van der Waals surface area contributed by atoms with Gasteiger partial charge in [0.25, 0.3) is 0 Å². The zero-order chi connectivity index (χ0) is 23.7. The molecule has 0 aliphatic carbocycles. The summed E-state index contributed by atoms with van der Waals surface area (Å²) in [5.74, 6) is 0.711. The minimum Gasteiger partial charge on any atom is -0.264 e. The number of amidine groups is 1. The van der Waals surface area contributed by atoms with Crippen molar-refractivity contribution in [2.75, 3.05) is 0 Å². The topological polar surface area (TPSA) is 37.6 Å². The Hall–Kier alpha value is -4.63. The van der Waals surface area contributed by atoms with Crippen molar-refractivity contribution in [2.45, 2.75) is 6.54 Å². The van der Waals surface area contributed by atoms with E-state index in [2.05, 4.69) is 71.7 Å². The van der Waals surface area contributed by atoms with Gasteiger partial charge in [-0.3, -0.25) is 9.98 Å². The normalized spacial score (nSPS) is 11.6. The molecule has 0 fully saturated rings. The summed E-state index contributed by atoms with van der Waals surface area (Å²) in [7, 11) is 0. The molecule has 168 valence electrons. The maximum atomic E-state index is 4.89. The largest absolute Gasteiger partial charge is 0.264 e. The average Bonchev–Trinajstić information content (AvgIpc) is 2.95. The van der Waals surface area contributed by atoms with Crippen LogP contribution in [-0.2, 0) is 6.54 Å². The van der Waals surface area contributed by atoms with Gasteiger partial charge in [-0.15, -0.1) is 0 Å². The number of hydrogen-bond donors (Lipinski definition) is 0. The minimum atomic E-state index is 0.572. The van der Waals surface area contributed by atoms with Gasteiger partial charge in [0.2, 0.25) is 0 Å². The third-order valence-electron chi connectivity index (χ3n) is 5.70. The van der Waals surface area contributed by atoms with Gasteiger partial charge in [0.15, 0.2) is 5.84 Å². The Balaban J connectivity index is 1.49. The first-order valence-electron chi connectivity index (χ1n) is 11.6. The van der Waals surface area contributed by atoms with Crippen molar-refractivity contribution < 1.29 is 0 Å². The van der Waals surface area contributed by atoms with Crippen LogP contribution in [0.25, 0.3) is 22.3 Å². The third kappa shape index (κ3) is 5.84. The van der Waals surface area contributed by atoms with E-state index in [1.165, 1.54) is 0 Å². The van der Waals surface area contributed by atoms with Gasteiger partial charge < -0.3 is 0 Å². The molecule has 0 saturated heterocycles. The molecule has 0 radical (unpaired) electrons. The highest BCUT2D eigenvalue weighted by Gasteiger charge is 2.07. The Morgan fingerprint density at radius 3 is 2.03 bits per heavy atom. The van der Waals surface area contributed by atoms with Gasteiger partial charge in [-0.1, -0.05) is 103 Å². The lowest BCUT2D eigenvalue weighted by Gasteiger charge is -2.09. The minimum absolute atomic E-state index is 0.572. The number of benzene rings is 4. The van der Waals surface area contributed by atoms with Gasteiger partial charge in [-0.05, 0) is 46.0 Å². The van der Waals surface area contributed by atoms with E-state index in [1.807, 2.05) is 67.0 Å². The summed E-state index contributed by atoms with van der Waals surface area (Å²) in [5, 5.41) is 0. The molecule has 0 saturated carbocycles. The van der Waals surface area contributed by atoms with E-state index in [4.69, 9.17) is 9.98 Å². The van der Waals surface area contributed by atoms with Crippen LogP contribution >= 0.6 is 0 Å². The zero-order valence-electron chi connectivity index (χ0n) is 19.3. The number of hydrogen-bond acceptors (Lipinski definition) is 2. The van der Waals surface area contributed by atoms with E-state index in [-0.39, 0.29) is 0 Å². The molecule has 0 bridgehead atoms. The van der Waals surface area contributed by atoms with Crippen LogP contribution in [-0.4, -0.2) is 17.0 Å². The molecule has 1 aromatic heterocycles. The first-order valence-corrected chi connectivity index (χ1v) is 11.6. The van der Waals surface area contributed by atoms with E-state index >= 15 is 0 Å². The van der Waals surface area contributed by atoms with Crippen LogP contribution in [0.2, 0.25) is 0 Å². The summed E-state index contributed by atoms with van der Waals surface area (Å²) >= 11 is 0. The lowest BCUT2D eigenvalue weighted by atomic mass is 9.98. The molecule has 0 N–H and O–H groups in total. The SMILES string of the molecule is C(=NC(=NCc1ccccc1)c1cccc(-c2cccc(-c3cccnc3)c2)c1)c1ccccc1. The van der Waals surface area contributed by atoms with Crippen LogP contribution in [0.15, 0.2) is 144 Å². The van der Waals surface area contributed by atoms with Crippen molar-refractivity contribution >= 4 is 12.1 Å². The second-order valence-electron chi connectivity index (χ2n) is 8.20. The maximum absolute atomic E-state index is 4.89. The Morgan fingerprint density at radius 2 is 1.29 bits per heavy atom. The first kappa shape index (κ1) is 22.2. The second kappa shape index (κ2) is 11.0. The quantitative estimate of drug-likeness (QED) is 0.195. The Kier molecular flexibility index (Phi) is 6.97. The Labute approximate surface area is 206 Å². The maximum Gasteiger partial charge on any atom is 0.154 e. The summed E-state index contributed by atoms with van der Waals surface area (Å²) < 4.78 is 0. The molecule has 0 aliphatic rings. The third-order valence-corrected chi connectivity index (χ3v) is 5.70. The Bertz CT molecular complexity index is 1440. The molecular weight excluding hydrogens is 426 g/mol. The fourth-order valence-corrected chi connectivity index (χ4v) is 3.88. The van der Waals surface area contributed by atoms with Crippen LogP contribution < -0.4 is 0 Å². The van der Waals surface area contributed by atoms with E-state index in [0.717, 1.165) is 38.9 Å². The van der Waals surface area contributed by atoms with Gasteiger partial charge in [0, 0.05) is 29.7 Å². The van der Waals surface area contributed by atoms with Crippen molar-refractivity contribution in [3.63, 3.8) is 0 Å². The molecular formula is C32H25N3. The van der Waals surface area contributed by atoms with E-state index in [0.29, 0.717) is 12.4 Å². The van der Waals surface area contributed by atoms with Gasteiger partial charge in [0.05, 0.1) is 6.54 Å². The van der Waals surface area contributed by atoms with Gasteiger partial charge in [0.1, 0.15) is 0 Å². The number of aliphatic imine (C=N–C) groups is 2. The van der Waals surface area contributed by atoms with Crippen LogP contribution in [0.1, 0.15) is 16.7 Å². The second-order valence-corrected chi connectivity index (χ2v) is 8.20.